The topological polar surface area (TPSA) is 12.0 Å². The van der Waals surface area contributed by atoms with Crippen molar-refractivity contribution in [2.75, 3.05) is 7.05 Å². The number of rotatable bonds is 4. The van der Waals surface area contributed by atoms with Crippen LogP contribution in [0.15, 0.2) is 46.3 Å². The minimum atomic E-state index is 0.402. The Morgan fingerprint density at radius 2 is 2.06 bits per heavy atom. The molecule has 1 N–H and O–H groups in total. The fourth-order valence-electron chi connectivity index (χ4n) is 1.72. The molecule has 1 heterocycles. The summed E-state index contributed by atoms with van der Waals surface area (Å²) in [5.74, 6) is 0. The molecule has 1 atom stereocenters. The Hall–Kier alpha value is -0.640. The Morgan fingerprint density at radius 3 is 2.69 bits per heavy atom. The summed E-state index contributed by atoms with van der Waals surface area (Å²) in [7, 11) is 2.02. The van der Waals surface area contributed by atoms with Gasteiger partial charge in [0.1, 0.15) is 0 Å². The molecule has 3 heteroatoms. The lowest BCUT2D eigenvalue weighted by atomic mass is 10.1. The third-order valence-corrected chi connectivity index (χ3v) is 4.38. The number of hydrogen-bond acceptors (Lipinski definition) is 2. The summed E-state index contributed by atoms with van der Waals surface area (Å²) in [6.07, 6.45) is 1.01. The number of halogens is 1. The molecule has 0 saturated heterocycles. The van der Waals surface area contributed by atoms with E-state index in [4.69, 9.17) is 0 Å². The first-order valence-electron chi connectivity index (χ1n) is 5.25. The molecule has 84 valence electrons. The minimum absolute atomic E-state index is 0.402. The number of benzene rings is 1. The molecule has 0 amide bonds. The monoisotopic (exact) mass is 295 g/mol. The van der Waals surface area contributed by atoms with E-state index in [1.165, 1.54) is 14.9 Å². The zero-order chi connectivity index (χ0) is 11.4. The second-order valence-electron chi connectivity index (χ2n) is 3.65. The van der Waals surface area contributed by atoms with E-state index in [0.717, 1.165) is 6.42 Å². The lowest BCUT2D eigenvalue weighted by Gasteiger charge is -2.15. The molecule has 0 bridgehead atoms. The van der Waals surface area contributed by atoms with Crippen LogP contribution in [0.3, 0.4) is 0 Å². The molecular weight excluding hydrogens is 282 g/mol. The van der Waals surface area contributed by atoms with Crippen molar-refractivity contribution < 1.29 is 0 Å². The average molecular weight is 296 g/mol. The second-order valence-corrected chi connectivity index (χ2v) is 5.49. The zero-order valence-electron chi connectivity index (χ0n) is 9.11. The maximum Gasteiger partial charge on any atom is 0.0453 e. The van der Waals surface area contributed by atoms with Gasteiger partial charge in [0.05, 0.1) is 0 Å². The third kappa shape index (κ3) is 2.73. The summed E-state index contributed by atoms with van der Waals surface area (Å²) in [4.78, 5) is 1.39. The van der Waals surface area contributed by atoms with E-state index in [0.29, 0.717) is 6.04 Å². The van der Waals surface area contributed by atoms with E-state index >= 15 is 0 Å². The molecule has 16 heavy (non-hydrogen) atoms. The normalized spacial score (nSPS) is 12.6. The van der Waals surface area contributed by atoms with Gasteiger partial charge in [0, 0.05) is 15.4 Å². The molecule has 1 aromatic heterocycles. The Labute approximate surface area is 109 Å². The lowest BCUT2D eigenvalue weighted by Crippen LogP contribution is -2.17. The van der Waals surface area contributed by atoms with E-state index < -0.39 is 0 Å². The molecule has 0 radical (unpaired) electrons. The number of likely N-dealkylation sites (N-methyl/N-ethyl adjacent to an activating group) is 1. The first-order valence-corrected chi connectivity index (χ1v) is 6.92. The van der Waals surface area contributed by atoms with Gasteiger partial charge in [-0.25, -0.2) is 0 Å². The summed E-state index contributed by atoms with van der Waals surface area (Å²) in [5.41, 5.74) is 1.34. The van der Waals surface area contributed by atoms with E-state index in [-0.39, 0.29) is 0 Å². The van der Waals surface area contributed by atoms with Gasteiger partial charge in [-0.3, -0.25) is 0 Å². The summed E-state index contributed by atoms with van der Waals surface area (Å²) < 4.78 is 1.19. The van der Waals surface area contributed by atoms with Crippen molar-refractivity contribution in [2.24, 2.45) is 0 Å². The average Bonchev–Trinajstić information content (AvgIpc) is 2.81. The standard InChI is InChI=1S/C13H14BrNS/c1-15-12(13-7-4-8-16-13)9-10-5-2-3-6-11(10)14/h2-8,12,15H,9H2,1H3. The van der Waals surface area contributed by atoms with Gasteiger partial charge in [-0.05, 0) is 36.5 Å². The van der Waals surface area contributed by atoms with E-state index in [1.54, 1.807) is 11.3 Å². The predicted molar refractivity (Wildman–Crippen MR) is 74.0 cm³/mol. The maximum atomic E-state index is 3.59. The van der Waals surface area contributed by atoms with Crippen LogP contribution >= 0.6 is 27.3 Å². The van der Waals surface area contributed by atoms with E-state index in [1.807, 2.05) is 13.1 Å². The molecule has 1 unspecified atom stereocenters. The van der Waals surface area contributed by atoms with Crippen molar-refractivity contribution in [2.45, 2.75) is 12.5 Å². The Balaban J connectivity index is 2.17. The highest BCUT2D eigenvalue weighted by molar-refractivity contribution is 9.10. The maximum absolute atomic E-state index is 3.59. The van der Waals surface area contributed by atoms with Crippen LogP contribution in [0.5, 0.6) is 0 Å². The summed E-state index contributed by atoms with van der Waals surface area (Å²) >= 11 is 5.40. The summed E-state index contributed by atoms with van der Waals surface area (Å²) in [5, 5.41) is 5.49. The highest BCUT2D eigenvalue weighted by Gasteiger charge is 2.12. The highest BCUT2D eigenvalue weighted by atomic mass is 79.9. The molecule has 0 aliphatic rings. The predicted octanol–water partition coefficient (Wildman–Crippen LogP) is 4.01. The second kappa shape index (κ2) is 5.62. The van der Waals surface area contributed by atoms with Gasteiger partial charge in [-0.15, -0.1) is 11.3 Å². The van der Waals surface area contributed by atoms with Gasteiger partial charge in [-0.1, -0.05) is 40.2 Å². The van der Waals surface area contributed by atoms with Gasteiger partial charge in [0.15, 0.2) is 0 Å². The van der Waals surface area contributed by atoms with Crippen molar-refractivity contribution >= 4 is 27.3 Å². The zero-order valence-corrected chi connectivity index (χ0v) is 11.5. The molecule has 2 rings (SSSR count). The fourth-order valence-corrected chi connectivity index (χ4v) is 3.00. The Bertz CT molecular complexity index is 439. The van der Waals surface area contributed by atoms with Crippen LogP contribution in [0.2, 0.25) is 0 Å². The van der Waals surface area contributed by atoms with E-state index in [2.05, 4.69) is 57.0 Å². The van der Waals surface area contributed by atoms with Crippen LogP contribution in [0.25, 0.3) is 0 Å². The molecule has 0 aliphatic heterocycles. The van der Waals surface area contributed by atoms with Crippen LogP contribution in [0.4, 0.5) is 0 Å². The Kier molecular flexibility index (Phi) is 4.16. The molecule has 2 aromatic rings. The minimum Gasteiger partial charge on any atom is -0.312 e. The quantitative estimate of drug-likeness (QED) is 0.898. The van der Waals surface area contributed by atoms with Crippen LogP contribution < -0.4 is 5.32 Å². The first-order chi connectivity index (χ1) is 7.81. The molecule has 0 fully saturated rings. The smallest absolute Gasteiger partial charge is 0.0453 e. The van der Waals surface area contributed by atoms with Crippen LogP contribution in [0.1, 0.15) is 16.5 Å². The highest BCUT2D eigenvalue weighted by Crippen LogP contribution is 2.25. The molecule has 0 spiro atoms. The SMILES string of the molecule is CNC(Cc1ccccc1Br)c1cccs1. The van der Waals surface area contributed by atoms with Crippen molar-refractivity contribution in [1.82, 2.24) is 5.32 Å². The van der Waals surface area contributed by atoms with Crippen molar-refractivity contribution in [3.8, 4) is 0 Å². The number of hydrogen-bond donors (Lipinski definition) is 1. The lowest BCUT2D eigenvalue weighted by molar-refractivity contribution is 0.601. The van der Waals surface area contributed by atoms with Crippen molar-refractivity contribution in [3.05, 3.63) is 56.7 Å². The van der Waals surface area contributed by atoms with Gasteiger partial charge < -0.3 is 5.32 Å². The molecule has 0 saturated carbocycles. The largest absolute Gasteiger partial charge is 0.312 e. The first kappa shape index (κ1) is 11.8. The van der Waals surface area contributed by atoms with Crippen LogP contribution in [-0.2, 0) is 6.42 Å². The summed E-state index contributed by atoms with van der Waals surface area (Å²) in [6, 6.07) is 13.1. The van der Waals surface area contributed by atoms with Crippen LogP contribution in [0, 0.1) is 0 Å². The Morgan fingerprint density at radius 1 is 1.25 bits per heavy atom. The van der Waals surface area contributed by atoms with Crippen molar-refractivity contribution in [3.63, 3.8) is 0 Å². The van der Waals surface area contributed by atoms with Gasteiger partial charge in [0.2, 0.25) is 0 Å². The molecule has 1 nitrogen and oxygen atoms in total. The van der Waals surface area contributed by atoms with Gasteiger partial charge in [0.25, 0.3) is 0 Å². The molecule has 0 aliphatic carbocycles. The van der Waals surface area contributed by atoms with Crippen molar-refractivity contribution in [1.29, 1.82) is 0 Å². The number of thiophene rings is 1. The molecular formula is C13H14BrNS. The molecule has 1 aromatic carbocycles. The number of nitrogens with one attached hydrogen (secondary N) is 1. The fraction of sp³-hybridized carbons (Fsp3) is 0.231. The summed E-state index contributed by atoms with van der Waals surface area (Å²) in [6.45, 7) is 0. The van der Waals surface area contributed by atoms with E-state index in [9.17, 15) is 0 Å². The van der Waals surface area contributed by atoms with Gasteiger partial charge in [-0.2, -0.15) is 0 Å². The third-order valence-electron chi connectivity index (χ3n) is 2.62. The van der Waals surface area contributed by atoms with Gasteiger partial charge >= 0.3 is 0 Å². The van der Waals surface area contributed by atoms with Crippen LogP contribution in [-0.4, -0.2) is 7.05 Å².